The molecule has 0 bridgehead atoms. The molecule has 2 aliphatic rings. The molecule has 1 aliphatic carbocycles. The van der Waals surface area contributed by atoms with E-state index in [2.05, 4.69) is 36.6 Å². The molecule has 0 spiro atoms. The van der Waals surface area contributed by atoms with Crippen molar-refractivity contribution in [2.24, 2.45) is 10.8 Å². The van der Waals surface area contributed by atoms with Gasteiger partial charge >= 0.3 is 0 Å². The van der Waals surface area contributed by atoms with Crippen LogP contribution in [0, 0.1) is 23.6 Å². The Balaban J connectivity index is 0.734. The number of anilines is 2. The van der Waals surface area contributed by atoms with Gasteiger partial charge in [0.25, 0.3) is 0 Å². The molecule has 7 rings (SSSR count). The second-order valence-electron chi connectivity index (χ2n) is 20.7. The summed E-state index contributed by atoms with van der Waals surface area (Å²) in [6, 6.07) is 16.7. The molecule has 18 nitrogen and oxygen atoms in total. The Kier molecular flexibility index (Phi) is 22.9. The number of Topliss-reactive ketones (excluding diaryl/α,β-unsaturated/α-hetero) is 1. The summed E-state index contributed by atoms with van der Waals surface area (Å²) in [5, 5.41) is 28.8. The summed E-state index contributed by atoms with van der Waals surface area (Å²) in [7, 11) is 0. The van der Waals surface area contributed by atoms with Crippen molar-refractivity contribution in [2.45, 2.75) is 103 Å². The highest BCUT2D eigenvalue weighted by molar-refractivity contribution is 7.13. The Morgan fingerprint density at radius 3 is 2.31 bits per heavy atom. The molecular weight excluding hydrogens is 1060 g/mol. The number of benzene rings is 2. The number of ketones is 1. The minimum Gasteiger partial charge on any atom is -0.487 e. The molecule has 78 heavy (non-hydrogen) atoms. The average molecular weight is 1130 g/mol. The van der Waals surface area contributed by atoms with Crippen LogP contribution in [0.4, 0.5) is 15.3 Å². The van der Waals surface area contributed by atoms with Gasteiger partial charge in [0.1, 0.15) is 17.6 Å². The summed E-state index contributed by atoms with van der Waals surface area (Å²) in [5.74, 6) is -0.701. The second-order valence-corrected chi connectivity index (χ2v) is 22.8. The fraction of sp³-hybridized carbons (Fsp3) is 0.518. The first-order chi connectivity index (χ1) is 37.6. The van der Waals surface area contributed by atoms with Gasteiger partial charge in [-0.25, -0.2) is 19.3 Å². The zero-order valence-corrected chi connectivity index (χ0v) is 47.2. The Morgan fingerprint density at radius 1 is 0.897 bits per heavy atom. The summed E-state index contributed by atoms with van der Waals surface area (Å²) in [6.07, 6.45) is 3.48. The lowest BCUT2D eigenvalue weighted by atomic mass is 9.69. The van der Waals surface area contributed by atoms with E-state index in [1.807, 2.05) is 81.1 Å². The van der Waals surface area contributed by atoms with Crippen LogP contribution in [0.15, 0.2) is 77.8 Å². The van der Waals surface area contributed by atoms with Crippen LogP contribution in [-0.2, 0) is 46.4 Å². The number of amides is 3. The van der Waals surface area contributed by atoms with Crippen LogP contribution in [0.1, 0.15) is 76.2 Å². The number of halogens is 2. The third-order valence-corrected chi connectivity index (χ3v) is 15.7. The number of hydrogen-bond donors (Lipinski definition) is 6. The number of nitrogens with zero attached hydrogens (tertiary/aromatic N) is 4. The molecule has 22 heteroatoms. The number of carbonyl (C=O) groups excluding carboxylic acids is 4. The topological polar surface area (TPSA) is 227 Å². The molecule has 1 saturated carbocycles. The fourth-order valence-corrected chi connectivity index (χ4v) is 11.1. The quantitative estimate of drug-likeness (QED) is 0.0253. The van der Waals surface area contributed by atoms with Crippen LogP contribution in [0.3, 0.4) is 0 Å². The number of ether oxygens (including phenoxy) is 4. The zero-order valence-electron chi connectivity index (χ0n) is 44.8. The van der Waals surface area contributed by atoms with Gasteiger partial charge in [-0.15, -0.1) is 22.7 Å². The number of aliphatic hydroxyl groups excluding tert-OH is 1. The number of aromatic nitrogens is 3. The summed E-state index contributed by atoms with van der Waals surface area (Å²) in [4.78, 5) is 70.3. The highest BCUT2D eigenvalue weighted by Crippen LogP contribution is 2.41. The van der Waals surface area contributed by atoms with Gasteiger partial charge in [0, 0.05) is 69.3 Å². The average Bonchev–Trinajstić information content (AvgIpc) is 4.25. The van der Waals surface area contributed by atoms with Crippen LogP contribution in [-0.4, -0.2) is 145 Å². The number of aryl methyl sites for hydroxylation is 1. The molecule has 2 fully saturated rings. The number of thiazole rings is 2. The summed E-state index contributed by atoms with van der Waals surface area (Å²) < 4.78 is 37.8. The SMILES string of the molecule is Cc1ncsc1-c1ccc(CNC(=O)[C@@H]2C[C@@H](O)CN2C(=O)[C@@H](NCC(=O)CCNCCOCCOCCOCCNC(=O)C2(Cc3cccc(Nc4nccs4)n3)CCC(Oc3cccc(Cl)c3F)CC2)C(C)(C)C)cc1. The fourth-order valence-electron chi connectivity index (χ4n) is 9.55. The zero-order chi connectivity index (χ0) is 55.5. The van der Waals surface area contributed by atoms with Crippen molar-refractivity contribution in [3.8, 4) is 16.2 Å². The number of carbonyl (C=O) groups is 4. The van der Waals surface area contributed by atoms with Gasteiger partial charge in [0.15, 0.2) is 16.7 Å². The smallest absolute Gasteiger partial charge is 0.243 e. The Bertz CT molecular complexity index is 2710. The van der Waals surface area contributed by atoms with Crippen LogP contribution >= 0.6 is 34.3 Å². The highest BCUT2D eigenvalue weighted by Gasteiger charge is 2.45. The van der Waals surface area contributed by atoms with Gasteiger partial charge in [-0.1, -0.05) is 68.8 Å². The Morgan fingerprint density at radius 2 is 1.62 bits per heavy atom. The molecule has 422 valence electrons. The number of β-amino-alcohol motifs (C(OH)–C–C–N with tert-alkyl or cyclic N) is 1. The van der Waals surface area contributed by atoms with Gasteiger partial charge in [-0.05, 0) is 73.4 Å². The van der Waals surface area contributed by atoms with E-state index >= 15 is 0 Å². The third kappa shape index (κ3) is 17.8. The van der Waals surface area contributed by atoms with Crippen LogP contribution < -0.4 is 31.3 Å². The lowest BCUT2D eigenvalue weighted by molar-refractivity contribution is -0.142. The Labute approximate surface area is 469 Å². The van der Waals surface area contributed by atoms with E-state index in [1.165, 1.54) is 22.3 Å². The monoisotopic (exact) mass is 1130 g/mol. The second kappa shape index (κ2) is 29.6. The van der Waals surface area contributed by atoms with Gasteiger partial charge < -0.3 is 50.2 Å². The first kappa shape index (κ1) is 60.2. The predicted octanol–water partition coefficient (Wildman–Crippen LogP) is 7.05. The summed E-state index contributed by atoms with van der Waals surface area (Å²) in [5.41, 5.74) is 4.15. The number of pyridine rings is 1. The molecule has 2 aromatic carbocycles. The van der Waals surface area contributed by atoms with Crippen molar-refractivity contribution in [1.82, 2.24) is 41.1 Å². The molecule has 1 saturated heterocycles. The third-order valence-electron chi connectivity index (χ3n) is 13.8. The minimum atomic E-state index is -0.841. The molecule has 3 atom stereocenters. The molecule has 0 unspecified atom stereocenters. The van der Waals surface area contributed by atoms with E-state index in [0.29, 0.717) is 97.2 Å². The van der Waals surface area contributed by atoms with Gasteiger partial charge in [0.05, 0.1) is 91.0 Å². The number of likely N-dealkylation sites (tertiary alicyclic amines) is 1. The van der Waals surface area contributed by atoms with Crippen molar-refractivity contribution in [1.29, 1.82) is 0 Å². The maximum absolute atomic E-state index is 14.7. The molecular formula is C56H73ClFN9O9S2. The summed E-state index contributed by atoms with van der Waals surface area (Å²) >= 11 is 9.04. The number of hydrogen-bond acceptors (Lipinski definition) is 17. The van der Waals surface area contributed by atoms with Crippen LogP contribution in [0.5, 0.6) is 5.75 Å². The van der Waals surface area contributed by atoms with Crippen LogP contribution in [0.2, 0.25) is 5.02 Å². The lowest BCUT2D eigenvalue weighted by Gasteiger charge is -2.39. The largest absolute Gasteiger partial charge is 0.487 e. The van der Waals surface area contributed by atoms with Crippen LogP contribution in [0.25, 0.3) is 10.4 Å². The first-order valence-corrected chi connectivity index (χ1v) is 28.7. The van der Waals surface area contributed by atoms with Crippen molar-refractivity contribution in [2.75, 3.05) is 77.7 Å². The van der Waals surface area contributed by atoms with Crippen molar-refractivity contribution in [3.63, 3.8) is 0 Å². The van der Waals surface area contributed by atoms with Gasteiger partial charge in [-0.2, -0.15) is 0 Å². The van der Waals surface area contributed by atoms with E-state index < -0.39 is 34.8 Å². The predicted molar refractivity (Wildman–Crippen MR) is 300 cm³/mol. The molecule has 0 radical (unpaired) electrons. The van der Waals surface area contributed by atoms with E-state index in [9.17, 15) is 28.7 Å². The van der Waals surface area contributed by atoms with Gasteiger partial charge in [0.2, 0.25) is 17.7 Å². The molecule has 4 heterocycles. The molecule has 6 N–H and O–H groups in total. The lowest BCUT2D eigenvalue weighted by Crippen LogP contribution is -2.57. The first-order valence-electron chi connectivity index (χ1n) is 26.5. The summed E-state index contributed by atoms with van der Waals surface area (Å²) in [6.45, 7) is 11.4. The van der Waals surface area contributed by atoms with E-state index in [0.717, 1.165) is 32.5 Å². The Hall–Kier alpha value is -5.49. The number of rotatable bonds is 30. The minimum absolute atomic E-state index is 0.00415. The molecule has 3 aromatic heterocycles. The normalized spacial score (nSPS) is 18.9. The van der Waals surface area contributed by atoms with E-state index in [4.69, 9.17) is 35.5 Å². The maximum atomic E-state index is 14.7. The van der Waals surface area contributed by atoms with Gasteiger partial charge in [-0.3, -0.25) is 24.5 Å². The maximum Gasteiger partial charge on any atom is 0.243 e. The van der Waals surface area contributed by atoms with Crippen molar-refractivity contribution >= 4 is 68.7 Å². The number of nitrogens with one attached hydrogen (secondary N) is 5. The molecule has 5 aromatic rings. The highest BCUT2D eigenvalue weighted by atomic mass is 35.5. The van der Waals surface area contributed by atoms with E-state index in [1.54, 1.807) is 29.7 Å². The number of aliphatic hydroxyl groups is 1. The van der Waals surface area contributed by atoms with E-state index in [-0.39, 0.29) is 72.9 Å². The van der Waals surface area contributed by atoms with Crippen molar-refractivity contribution < 1.29 is 47.6 Å². The molecule has 3 amide bonds. The standard InChI is InChI=1S/C56H73ClFN9O9S2/c1-37-49(78-36-64-37)39-13-11-38(12-14-39)33-63-51(70)45-31-42(69)35-67(45)52(71)50(55(2,3)4)62-34-41(68)17-20-59-21-24-73-26-28-75-29-27-74-25-22-60-53(72)56(32-40-7-5-10-47(65-40)66-54-61-23-30-77-54)18-15-43(16-19-56)76-46-9-6-8-44(57)48(46)58/h5-14,23,30,36,42-43,45,50,59,62,69H,15-22,24-29,31-35H2,1-4H3,(H,60,72)(H,63,70)(H,61,65,66)/t42-,43?,45+,50-,56?/m1/s1. The van der Waals surface area contributed by atoms with Crippen molar-refractivity contribution in [3.05, 3.63) is 106 Å². The molecule has 1 aliphatic heterocycles.